The molecule has 2 rings (SSSR count). The number of nitrogens with zero attached hydrogens (tertiary/aromatic N) is 1. The van der Waals surface area contributed by atoms with Gasteiger partial charge in [0.1, 0.15) is 5.82 Å². The lowest BCUT2D eigenvalue weighted by molar-refractivity contribution is 0.0546. The van der Waals surface area contributed by atoms with Gasteiger partial charge in [0, 0.05) is 18.7 Å². The topological polar surface area (TPSA) is 40.5 Å². The van der Waals surface area contributed by atoms with Gasteiger partial charge in [0.05, 0.1) is 6.10 Å². The molecule has 0 aromatic heterocycles. The predicted molar refractivity (Wildman–Crippen MR) is 67.0 cm³/mol. The number of hydrogen-bond donors (Lipinski definition) is 1. The summed E-state index contributed by atoms with van der Waals surface area (Å²) in [6.45, 7) is 4.46. The first-order valence-corrected chi connectivity index (χ1v) is 6.23. The van der Waals surface area contributed by atoms with Crippen LogP contribution in [0.1, 0.15) is 34.3 Å². The summed E-state index contributed by atoms with van der Waals surface area (Å²) in [5.74, 6) is -0.325. The first-order chi connectivity index (χ1) is 8.49. The van der Waals surface area contributed by atoms with Gasteiger partial charge >= 0.3 is 0 Å². The fourth-order valence-corrected chi connectivity index (χ4v) is 2.32. The largest absolute Gasteiger partial charge is 0.393 e. The van der Waals surface area contributed by atoms with Crippen LogP contribution in [0, 0.1) is 19.7 Å². The molecule has 0 atom stereocenters. The summed E-state index contributed by atoms with van der Waals surface area (Å²) in [6.07, 6.45) is 0.932. The van der Waals surface area contributed by atoms with Crippen molar-refractivity contribution < 1.29 is 14.3 Å². The maximum Gasteiger partial charge on any atom is 0.253 e. The van der Waals surface area contributed by atoms with E-state index in [-0.39, 0.29) is 17.8 Å². The molecule has 0 radical (unpaired) electrons. The lowest BCUT2D eigenvalue weighted by Gasteiger charge is -2.29. The molecule has 1 aliphatic heterocycles. The van der Waals surface area contributed by atoms with E-state index in [2.05, 4.69) is 0 Å². The van der Waals surface area contributed by atoms with Crippen molar-refractivity contribution >= 4 is 5.91 Å². The van der Waals surface area contributed by atoms with Crippen LogP contribution in [0.25, 0.3) is 0 Å². The molecule has 18 heavy (non-hydrogen) atoms. The van der Waals surface area contributed by atoms with Crippen LogP contribution in [0.2, 0.25) is 0 Å². The molecule has 98 valence electrons. The summed E-state index contributed by atoms with van der Waals surface area (Å²) in [7, 11) is 0. The van der Waals surface area contributed by atoms with Crippen molar-refractivity contribution in [3.05, 3.63) is 34.6 Å². The Labute approximate surface area is 106 Å². The Morgan fingerprint density at radius 3 is 2.28 bits per heavy atom. The molecule has 1 saturated heterocycles. The van der Waals surface area contributed by atoms with Crippen molar-refractivity contribution in [2.24, 2.45) is 0 Å². The lowest BCUT2D eigenvalue weighted by Crippen LogP contribution is -2.40. The van der Waals surface area contributed by atoms with Crippen molar-refractivity contribution in [2.45, 2.75) is 32.8 Å². The van der Waals surface area contributed by atoms with E-state index in [0.717, 1.165) is 0 Å². The summed E-state index contributed by atoms with van der Waals surface area (Å²) in [5.41, 5.74) is 1.52. The second-order valence-electron chi connectivity index (χ2n) is 4.95. The summed E-state index contributed by atoms with van der Waals surface area (Å²) in [6, 6.07) is 3.19. The molecule has 0 saturated carbocycles. The molecular formula is C14H18FNO2. The smallest absolute Gasteiger partial charge is 0.253 e. The Bertz CT molecular complexity index is 442. The lowest BCUT2D eigenvalue weighted by atomic mass is 10.0. The molecule has 0 aliphatic carbocycles. The Morgan fingerprint density at radius 2 is 1.78 bits per heavy atom. The standard InChI is InChI=1S/C14H18FNO2/c1-9-7-11(8-10(2)13(9)15)14(18)16-5-3-12(17)4-6-16/h7-8,12,17H,3-6H2,1-2H3. The molecule has 1 N–H and O–H groups in total. The highest BCUT2D eigenvalue weighted by atomic mass is 19.1. The van der Waals surface area contributed by atoms with Crippen molar-refractivity contribution in [2.75, 3.05) is 13.1 Å². The number of halogens is 1. The van der Waals surface area contributed by atoms with Gasteiger partial charge in [-0.05, 0) is 49.9 Å². The van der Waals surface area contributed by atoms with Crippen molar-refractivity contribution in [3.63, 3.8) is 0 Å². The third kappa shape index (κ3) is 2.53. The van der Waals surface area contributed by atoms with Crippen LogP contribution in [0.15, 0.2) is 12.1 Å². The molecule has 1 fully saturated rings. The zero-order valence-electron chi connectivity index (χ0n) is 10.7. The van der Waals surface area contributed by atoms with Crippen molar-refractivity contribution in [3.8, 4) is 0 Å². The fraction of sp³-hybridized carbons (Fsp3) is 0.500. The Morgan fingerprint density at radius 1 is 1.28 bits per heavy atom. The van der Waals surface area contributed by atoms with E-state index in [9.17, 15) is 14.3 Å². The van der Waals surface area contributed by atoms with Gasteiger partial charge in [-0.2, -0.15) is 0 Å². The van der Waals surface area contributed by atoms with Crippen LogP contribution < -0.4 is 0 Å². The highest BCUT2D eigenvalue weighted by Crippen LogP contribution is 2.18. The molecule has 3 nitrogen and oxygen atoms in total. The van der Waals surface area contributed by atoms with E-state index in [0.29, 0.717) is 42.6 Å². The first kappa shape index (κ1) is 13.0. The van der Waals surface area contributed by atoms with Crippen LogP contribution >= 0.6 is 0 Å². The first-order valence-electron chi connectivity index (χ1n) is 6.23. The van der Waals surface area contributed by atoms with Crippen LogP contribution in [0.3, 0.4) is 0 Å². The van der Waals surface area contributed by atoms with Gasteiger partial charge in [-0.3, -0.25) is 4.79 Å². The van der Waals surface area contributed by atoms with Gasteiger partial charge < -0.3 is 10.0 Å². The SMILES string of the molecule is Cc1cc(C(=O)N2CCC(O)CC2)cc(C)c1F. The second kappa shape index (κ2) is 5.06. The number of carbonyl (C=O) groups excluding carboxylic acids is 1. The average Bonchev–Trinajstić information content (AvgIpc) is 2.35. The number of carbonyl (C=O) groups is 1. The van der Waals surface area contributed by atoms with Gasteiger partial charge in [-0.1, -0.05) is 0 Å². The zero-order chi connectivity index (χ0) is 13.3. The molecule has 1 aliphatic rings. The number of hydrogen-bond acceptors (Lipinski definition) is 2. The molecule has 1 heterocycles. The molecule has 0 bridgehead atoms. The van der Waals surface area contributed by atoms with Crippen molar-refractivity contribution in [1.29, 1.82) is 0 Å². The number of piperidine rings is 1. The molecule has 0 spiro atoms. The Hall–Kier alpha value is -1.42. The number of rotatable bonds is 1. The monoisotopic (exact) mass is 251 g/mol. The van der Waals surface area contributed by atoms with Gasteiger partial charge in [0.25, 0.3) is 5.91 Å². The number of amides is 1. The minimum Gasteiger partial charge on any atom is -0.393 e. The van der Waals surface area contributed by atoms with Crippen molar-refractivity contribution in [1.82, 2.24) is 4.90 Å². The molecule has 1 amide bonds. The molecule has 1 aromatic rings. The number of likely N-dealkylation sites (tertiary alicyclic amines) is 1. The van der Waals surface area contributed by atoms with E-state index in [4.69, 9.17) is 0 Å². The van der Waals surface area contributed by atoms with E-state index in [1.54, 1.807) is 30.9 Å². The predicted octanol–water partition coefficient (Wildman–Crippen LogP) is 2.04. The summed E-state index contributed by atoms with van der Waals surface area (Å²) >= 11 is 0. The van der Waals surface area contributed by atoms with E-state index in [1.165, 1.54) is 0 Å². The van der Waals surface area contributed by atoms with E-state index in [1.807, 2.05) is 0 Å². The van der Waals surface area contributed by atoms with Crippen LogP contribution in [-0.2, 0) is 0 Å². The highest BCUT2D eigenvalue weighted by molar-refractivity contribution is 5.94. The third-order valence-corrected chi connectivity index (χ3v) is 3.44. The summed E-state index contributed by atoms with van der Waals surface area (Å²) in [5, 5.41) is 9.42. The normalized spacial score (nSPS) is 17.0. The minimum absolute atomic E-state index is 0.0758. The van der Waals surface area contributed by atoms with Gasteiger partial charge in [0.15, 0.2) is 0 Å². The molecule has 0 unspecified atom stereocenters. The van der Waals surface area contributed by atoms with Gasteiger partial charge in [0.2, 0.25) is 0 Å². The maximum atomic E-state index is 13.5. The van der Waals surface area contributed by atoms with Gasteiger partial charge in [-0.25, -0.2) is 4.39 Å². The quantitative estimate of drug-likeness (QED) is 0.829. The average molecular weight is 251 g/mol. The minimum atomic E-state index is -0.300. The van der Waals surface area contributed by atoms with E-state index >= 15 is 0 Å². The third-order valence-electron chi connectivity index (χ3n) is 3.44. The van der Waals surface area contributed by atoms with Crippen LogP contribution in [-0.4, -0.2) is 35.1 Å². The molecule has 1 aromatic carbocycles. The molecule has 4 heteroatoms. The fourth-order valence-electron chi connectivity index (χ4n) is 2.32. The number of aryl methyl sites for hydroxylation is 2. The summed E-state index contributed by atoms with van der Waals surface area (Å²) < 4.78 is 13.5. The van der Waals surface area contributed by atoms with Gasteiger partial charge in [-0.15, -0.1) is 0 Å². The summed E-state index contributed by atoms with van der Waals surface area (Å²) in [4.78, 5) is 14.0. The Balaban J connectivity index is 2.19. The van der Waals surface area contributed by atoms with Crippen LogP contribution in [0.5, 0.6) is 0 Å². The molecular weight excluding hydrogens is 233 g/mol. The number of aliphatic hydroxyl groups excluding tert-OH is 1. The number of benzene rings is 1. The van der Waals surface area contributed by atoms with Crippen LogP contribution in [0.4, 0.5) is 4.39 Å². The maximum absolute atomic E-state index is 13.5. The highest BCUT2D eigenvalue weighted by Gasteiger charge is 2.23. The van der Waals surface area contributed by atoms with E-state index < -0.39 is 0 Å². The second-order valence-corrected chi connectivity index (χ2v) is 4.95. The number of aliphatic hydroxyl groups is 1. The Kier molecular flexibility index (Phi) is 3.66. The zero-order valence-corrected chi connectivity index (χ0v) is 10.7.